The Morgan fingerprint density at radius 3 is 1.97 bits per heavy atom. The fourth-order valence-corrected chi connectivity index (χ4v) is 5.85. The van der Waals surface area contributed by atoms with Crippen LogP contribution in [0, 0.1) is 0 Å². The van der Waals surface area contributed by atoms with Gasteiger partial charge in [-0.2, -0.15) is 26.3 Å². The molecule has 10 heteroatoms. The van der Waals surface area contributed by atoms with Gasteiger partial charge in [-0.15, -0.1) is 11.8 Å². The average molecular weight is 540 g/mol. The molecule has 0 saturated heterocycles. The molecule has 1 unspecified atom stereocenters. The van der Waals surface area contributed by atoms with Gasteiger partial charge >= 0.3 is 12.4 Å². The van der Waals surface area contributed by atoms with Gasteiger partial charge in [-0.25, -0.2) is 0 Å². The van der Waals surface area contributed by atoms with Crippen LogP contribution < -0.4 is 4.90 Å². The third kappa shape index (κ3) is 4.72. The topological polar surface area (TPSA) is 40.5 Å². The van der Waals surface area contributed by atoms with Crippen molar-refractivity contribution in [1.82, 2.24) is 0 Å². The van der Waals surface area contributed by atoms with Gasteiger partial charge in [0.05, 0.1) is 17.6 Å². The lowest BCUT2D eigenvalue weighted by atomic mass is 9.91. The van der Waals surface area contributed by atoms with Gasteiger partial charge in [0.2, 0.25) is 5.91 Å². The van der Waals surface area contributed by atoms with Crippen molar-refractivity contribution in [1.29, 1.82) is 0 Å². The molecule has 1 aliphatic heterocycles. The van der Waals surface area contributed by atoms with Gasteiger partial charge in [0.25, 0.3) is 5.60 Å². The fourth-order valence-electron chi connectivity index (χ4n) is 4.56. The quantitative estimate of drug-likeness (QED) is 0.352. The number of amides is 1. The Hall–Kier alpha value is -2.98. The van der Waals surface area contributed by atoms with Gasteiger partial charge in [-0.3, -0.25) is 4.79 Å². The van der Waals surface area contributed by atoms with E-state index in [0.29, 0.717) is 17.7 Å². The van der Waals surface area contributed by atoms with Crippen LogP contribution in [0.15, 0.2) is 83.8 Å². The molecule has 3 aromatic carbocycles. The molecule has 3 nitrogen and oxygen atoms in total. The number of alkyl halides is 6. The summed E-state index contributed by atoms with van der Waals surface area (Å²) >= 11 is 1.06. The molecule has 0 bridgehead atoms. The van der Waals surface area contributed by atoms with Gasteiger partial charge in [-0.1, -0.05) is 73.7 Å². The maximum Gasteiger partial charge on any atom is 0.430 e. The normalized spacial score (nSPS) is 19.3. The van der Waals surface area contributed by atoms with Crippen LogP contribution in [0.1, 0.15) is 42.5 Å². The molecule has 0 aliphatic carbocycles. The Labute approximate surface area is 214 Å². The summed E-state index contributed by atoms with van der Waals surface area (Å²) in [5.74, 6) is -0.999. The van der Waals surface area contributed by atoms with E-state index in [1.54, 1.807) is 62.4 Å². The highest BCUT2D eigenvalue weighted by molar-refractivity contribution is 8.00. The number of rotatable bonds is 4. The Morgan fingerprint density at radius 1 is 0.892 bits per heavy atom. The molecule has 0 fully saturated rings. The highest BCUT2D eigenvalue weighted by Crippen LogP contribution is 2.54. The maximum absolute atomic E-state index is 13.9. The van der Waals surface area contributed by atoms with Gasteiger partial charge in [0, 0.05) is 15.7 Å². The van der Waals surface area contributed by atoms with E-state index >= 15 is 0 Å². The lowest BCUT2D eigenvalue weighted by Gasteiger charge is -2.43. The number of carbonyl (C=O) groups is 1. The van der Waals surface area contributed by atoms with E-state index < -0.39 is 40.7 Å². The van der Waals surface area contributed by atoms with Crippen molar-refractivity contribution in [2.45, 2.75) is 53.9 Å². The smallest absolute Gasteiger partial charge is 0.369 e. The van der Waals surface area contributed by atoms with E-state index in [2.05, 4.69) is 0 Å². The molecular weight excluding hydrogens is 516 g/mol. The Kier molecular flexibility index (Phi) is 7.11. The van der Waals surface area contributed by atoms with Crippen LogP contribution in [-0.4, -0.2) is 28.6 Å². The number of carbonyl (C=O) groups excluding carboxylic acids is 1. The fraction of sp³-hybridized carbons (Fsp3) is 0.296. The van der Waals surface area contributed by atoms with E-state index in [1.807, 2.05) is 12.1 Å². The molecule has 1 N–H and O–H groups in total. The Balaban J connectivity index is 1.88. The van der Waals surface area contributed by atoms with Crippen molar-refractivity contribution in [3.8, 4) is 0 Å². The van der Waals surface area contributed by atoms with E-state index in [0.717, 1.165) is 23.4 Å². The summed E-state index contributed by atoms with van der Waals surface area (Å²) in [5.41, 5.74) is -4.74. The predicted octanol–water partition coefficient (Wildman–Crippen LogP) is 7.37. The number of nitrogens with zero attached hydrogens (tertiary/aromatic N) is 1. The summed E-state index contributed by atoms with van der Waals surface area (Å²) in [6.07, 6.45) is -12.0. The SMILES string of the molecule is C[C@H](C(=O)N1c2ccc(C(O)(C(F)(F)F)C(F)(F)F)cc2S[C@@H](C)C1c1ccccc1)c1ccccc1. The van der Waals surface area contributed by atoms with Crippen LogP contribution in [0.5, 0.6) is 0 Å². The number of hydrogen-bond acceptors (Lipinski definition) is 3. The number of thioether (sulfide) groups is 1. The van der Waals surface area contributed by atoms with Crippen molar-refractivity contribution < 1.29 is 36.2 Å². The molecule has 1 amide bonds. The average Bonchev–Trinajstić information content (AvgIpc) is 2.85. The van der Waals surface area contributed by atoms with Gasteiger partial charge in [-0.05, 0) is 30.2 Å². The van der Waals surface area contributed by atoms with Crippen molar-refractivity contribution in [2.24, 2.45) is 0 Å². The molecule has 0 aromatic heterocycles. The minimum atomic E-state index is -6.01. The maximum atomic E-state index is 13.9. The van der Waals surface area contributed by atoms with Gasteiger partial charge < -0.3 is 10.0 Å². The van der Waals surface area contributed by atoms with Crippen LogP contribution in [0.3, 0.4) is 0 Å². The molecule has 4 rings (SSSR count). The molecule has 0 spiro atoms. The minimum Gasteiger partial charge on any atom is -0.369 e. The second-order valence-electron chi connectivity index (χ2n) is 8.91. The largest absolute Gasteiger partial charge is 0.430 e. The van der Waals surface area contributed by atoms with Crippen molar-refractivity contribution in [2.75, 3.05) is 4.90 Å². The lowest BCUT2D eigenvalue weighted by Crippen LogP contribution is -2.54. The first-order chi connectivity index (χ1) is 17.3. The van der Waals surface area contributed by atoms with Crippen molar-refractivity contribution >= 4 is 23.4 Å². The van der Waals surface area contributed by atoms with Crippen LogP contribution in [0.2, 0.25) is 0 Å². The molecule has 3 aromatic rings. The van der Waals surface area contributed by atoms with E-state index in [-0.39, 0.29) is 16.5 Å². The Morgan fingerprint density at radius 2 is 1.43 bits per heavy atom. The van der Waals surface area contributed by atoms with Crippen LogP contribution >= 0.6 is 11.8 Å². The summed E-state index contributed by atoms with van der Waals surface area (Å²) in [6, 6.07) is 19.7. The first-order valence-corrected chi connectivity index (χ1v) is 12.2. The van der Waals surface area contributed by atoms with Crippen LogP contribution in [-0.2, 0) is 10.4 Å². The van der Waals surface area contributed by atoms with E-state index in [1.165, 1.54) is 4.90 Å². The third-order valence-electron chi connectivity index (χ3n) is 6.54. The third-order valence-corrected chi connectivity index (χ3v) is 7.75. The standard InChI is InChI=1S/C27H23F6NO2S/c1-16(18-9-5-3-6-10-18)24(35)34-21-14-13-20(25(36,26(28,29)30)27(31,32)33)15-22(21)37-17(2)23(34)19-11-7-4-8-12-19/h3-17,23,36H,1-2H3/t16-,17-,23?/m0/s1. The lowest BCUT2D eigenvalue weighted by molar-refractivity contribution is -0.376. The van der Waals surface area contributed by atoms with Crippen LogP contribution in [0.4, 0.5) is 32.0 Å². The summed E-state index contributed by atoms with van der Waals surface area (Å²) in [6.45, 7) is 3.46. The highest BCUT2D eigenvalue weighted by Gasteiger charge is 2.71. The summed E-state index contributed by atoms with van der Waals surface area (Å²) in [4.78, 5) is 15.4. The molecule has 1 aliphatic rings. The second-order valence-corrected chi connectivity index (χ2v) is 10.3. The van der Waals surface area contributed by atoms with Crippen molar-refractivity contribution in [3.05, 3.63) is 95.6 Å². The summed E-state index contributed by atoms with van der Waals surface area (Å²) in [5, 5.41) is 9.50. The summed E-state index contributed by atoms with van der Waals surface area (Å²) in [7, 11) is 0. The van der Waals surface area contributed by atoms with Crippen molar-refractivity contribution in [3.63, 3.8) is 0 Å². The monoisotopic (exact) mass is 539 g/mol. The van der Waals surface area contributed by atoms with Gasteiger partial charge in [0.15, 0.2) is 0 Å². The number of benzene rings is 3. The molecular formula is C27H23F6NO2S. The molecule has 0 radical (unpaired) electrons. The van der Waals surface area contributed by atoms with Crippen LogP contribution in [0.25, 0.3) is 0 Å². The number of aliphatic hydroxyl groups is 1. The number of fused-ring (bicyclic) bond motifs is 1. The zero-order chi connectivity index (χ0) is 27.2. The molecule has 1 heterocycles. The Bertz CT molecular complexity index is 1250. The summed E-state index contributed by atoms with van der Waals surface area (Å²) < 4.78 is 81.2. The zero-order valence-corrected chi connectivity index (χ0v) is 20.5. The second kappa shape index (κ2) is 9.72. The minimum absolute atomic E-state index is 0.0396. The number of halogens is 6. The molecule has 37 heavy (non-hydrogen) atoms. The number of anilines is 1. The highest BCUT2D eigenvalue weighted by atomic mass is 32.2. The zero-order valence-electron chi connectivity index (χ0n) is 19.7. The number of hydrogen-bond donors (Lipinski definition) is 1. The first-order valence-electron chi connectivity index (χ1n) is 11.4. The molecule has 196 valence electrons. The van der Waals surface area contributed by atoms with E-state index in [9.17, 15) is 36.2 Å². The first kappa shape index (κ1) is 27.1. The molecule has 0 saturated carbocycles. The van der Waals surface area contributed by atoms with Gasteiger partial charge in [0.1, 0.15) is 0 Å². The molecule has 3 atom stereocenters. The van der Waals surface area contributed by atoms with E-state index in [4.69, 9.17) is 0 Å². The predicted molar refractivity (Wildman–Crippen MR) is 129 cm³/mol.